The average molecular weight is 249 g/mol. The van der Waals surface area contributed by atoms with Crippen LogP contribution in [0.15, 0.2) is 18.2 Å². The van der Waals surface area contributed by atoms with E-state index in [0.717, 1.165) is 17.7 Å². The molecule has 1 aromatic carbocycles. The van der Waals surface area contributed by atoms with Crippen molar-refractivity contribution in [2.24, 2.45) is 5.41 Å². The third kappa shape index (κ3) is 2.84. The maximum Gasteiger partial charge on any atom is 0.232 e. The van der Waals surface area contributed by atoms with Gasteiger partial charge in [-0.25, -0.2) is 0 Å². The summed E-state index contributed by atoms with van der Waals surface area (Å²) in [5.41, 5.74) is 1.41. The molecule has 18 heavy (non-hydrogen) atoms. The maximum atomic E-state index is 12.5. The first-order valence-corrected chi connectivity index (χ1v) is 6.45. The van der Waals surface area contributed by atoms with E-state index in [1.807, 2.05) is 40.7 Å². The first-order chi connectivity index (χ1) is 8.33. The highest BCUT2D eigenvalue weighted by Crippen LogP contribution is 2.30. The largest absolute Gasteiger partial charge is 0.508 e. The second kappa shape index (κ2) is 5.42. The van der Waals surface area contributed by atoms with E-state index in [1.165, 1.54) is 0 Å². The van der Waals surface area contributed by atoms with Gasteiger partial charge >= 0.3 is 0 Å². The minimum Gasteiger partial charge on any atom is -0.508 e. The fourth-order valence-electron chi connectivity index (χ4n) is 1.83. The molecule has 0 atom stereocenters. The van der Waals surface area contributed by atoms with Crippen LogP contribution < -0.4 is 4.90 Å². The van der Waals surface area contributed by atoms with Crippen LogP contribution in [-0.4, -0.2) is 17.6 Å². The molecule has 3 nitrogen and oxygen atoms in total. The lowest BCUT2D eigenvalue weighted by molar-refractivity contribution is -0.126. The SMILES string of the molecule is CCN(C(=O)C(C)(C)CC)c1cc(O)ccc1C. The van der Waals surface area contributed by atoms with Gasteiger partial charge in [0.1, 0.15) is 5.75 Å². The van der Waals surface area contributed by atoms with E-state index in [9.17, 15) is 9.90 Å². The van der Waals surface area contributed by atoms with Crippen molar-refractivity contribution in [3.63, 3.8) is 0 Å². The molecule has 0 fully saturated rings. The van der Waals surface area contributed by atoms with Crippen LogP contribution in [0.5, 0.6) is 5.75 Å². The lowest BCUT2D eigenvalue weighted by Gasteiger charge is -2.31. The van der Waals surface area contributed by atoms with Crippen molar-refractivity contribution in [3.8, 4) is 5.75 Å². The van der Waals surface area contributed by atoms with Crippen LogP contribution in [0.2, 0.25) is 0 Å². The van der Waals surface area contributed by atoms with E-state index in [-0.39, 0.29) is 17.1 Å². The number of phenolic OH excluding ortho intramolecular Hbond substituents is 1. The van der Waals surface area contributed by atoms with Gasteiger partial charge in [-0.2, -0.15) is 0 Å². The number of anilines is 1. The number of rotatable bonds is 4. The van der Waals surface area contributed by atoms with E-state index in [1.54, 1.807) is 17.0 Å². The van der Waals surface area contributed by atoms with E-state index in [2.05, 4.69) is 0 Å². The Balaban J connectivity index is 3.18. The summed E-state index contributed by atoms with van der Waals surface area (Å²) in [4.78, 5) is 14.3. The minimum absolute atomic E-state index is 0.0983. The zero-order valence-corrected chi connectivity index (χ0v) is 11.9. The minimum atomic E-state index is -0.381. The summed E-state index contributed by atoms with van der Waals surface area (Å²) in [6.45, 7) is 10.4. The number of hydrogen-bond donors (Lipinski definition) is 1. The van der Waals surface area contributed by atoms with Gasteiger partial charge in [0.15, 0.2) is 0 Å². The normalized spacial score (nSPS) is 11.4. The van der Waals surface area contributed by atoms with Crippen LogP contribution in [-0.2, 0) is 4.79 Å². The molecule has 1 rings (SSSR count). The number of aryl methyl sites for hydroxylation is 1. The average Bonchev–Trinajstić information content (AvgIpc) is 2.34. The number of amides is 1. The lowest BCUT2D eigenvalue weighted by Crippen LogP contribution is -2.41. The molecular weight excluding hydrogens is 226 g/mol. The summed E-state index contributed by atoms with van der Waals surface area (Å²) >= 11 is 0. The Bertz CT molecular complexity index is 438. The van der Waals surface area contributed by atoms with Crippen LogP contribution >= 0.6 is 0 Å². The van der Waals surface area contributed by atoms with Gasteiger partial charge in [0.2, 0.25) is 5.91 Å². The Morgan fingerprint density at radius 2 is 1.94 bits per heavy atom. The van der Waals surface area contributed by atoms with Crippen molar-refractivity contribution in [2.45, 2.75) is 41.0 Å². The number of phenols is 1. The summed E-state index contributed by atoms with van der Waals surface area (Å²) in [6, 6.07) is 5.13. The van der Waals surface area contributed by atoms with Gasteiger partial charge in [-0.05, 0) is 31.9 Å². The number of nitrogens with zero attached hydrogens (tertiary/aromatic N) is 1. The summed E-state index contributed by atoms with van der Waals surface area (Å²) in [6.07, 6.45) is 0.792. The molecule has 1 amide bonds. The topological polar surface area (TPSA) is 40.5 Å². The fourth-order valence-corrected chi connectivity index (χ4v) is 1.83. The first kappa shape index (κ1) is 14.6. The molecule has 0 aliphatic rings. The van der Waals surface area contributed by atoms with Crippen LogP contribution in [0.4, 0.5) is 5.69 Å². The molecule has 100 valence electrons. The molecule has 0 heterocycles. The summed E-state index contributed by atoms with van der Waals surface area (Å²) < 4.78 is 0. The summed E-state index contributed by atoms with van der Waals surface area (Å²) in [7, 11) is 0. The molecule has 0 aliphatic carbocycles. The third-order valence-electron chi connectivity index (χ3n) is 3.51. The quantitative estimate of drug-likeness (QED) is 0.887. The highest BCUT2D eigenvalue weighted by molar-refractivity contribution is 5.97. The Kier molecular flexibility index (Phi) is 4.38. The Labute approximate surface area is 109 Å². The van der Waals surface area contributed by atoms with Crippen molar-refractivity contribution in [1.29, 1.82) is 0 Å². The molecule has 1 aromatic rings. The second-order valence-corrected chi connectivity index (χ2v) is 5.26. The number of aromatic hydroxyl groups is 1. The molecule has 0 spiro atoms. The molecular formula is C15H23NO2. The van der Waals surface area contributed by atoms with Gasteiger partial charge in [-0.15, -0.1) is 0 Å². The van der Waals surface area contributed by atoms with Gasteiger partial charge in [0.25, 0.3) is 0 Å². The number of hydrogen-bond acceptors (Lipinski definition) is 2. The first-order valence-electron chi connectivity index (χ1n) is 6.45. The van der Waals surface area contributed by atoms with E-state index >= 15 is 0 Å². The molecule has 0 aliphatic heterocycles. The van der Waals surface area contributed by atoms with Gasteiger partial charge < -0.3 is 10.0 Å². The number of benzene rings is 1. The smallest absolute Gasteiger partial charge is 0.232 e. The molecule has 0 radical (unpaired) electrons. The summed E-state index contributed by atoms with van der Waals surface area (Å²) in [5, 5.41) is 9.59. The monoisotopic (exact) mass is 249 g/mol. The van der Waals surface area contributed by atoms with E-state index < -0.39 is 0 Å². The predicted molar refractivity (Wildman–Crippen MR) is 74.9 cm³/mol. The van der Waals surface area contributed by atoms with E-state index in [4.69, 9.17) is 0 Å². The van der Waals surface area contributed by atoms with Crippen molar-refractivity contribution in [3.05, 3.63) is 23.8 Å². The molecule has 0 aromatic heterocycles. The van der Waals surface area contributed by atoms with Crippen molar-refractivity contribution < 1.29 is 9.90 Å². The molecule has 0 bridgehead atoms. The fraction of sp³-hybridized carbons (Fsp3) is 0.533. The van der Waals surface area contributed by atoms with Crippen LogP contribution in [0.25, 0.3) is 0 Å². The van der Waals surface area contributed by atoms with Crippen LogP contribution in [0.1, 0.15) is 39.7 Å². The molecule has 0 saturated heterocycles. The molecule has 0 unspecified atom stereocenters. The lowest BCUT2D eigenvalue weighted by atomic mass is 9.88. The van der Waals surface area contributed by atoms with Crippen LogP contribution in [0.3, 0.4) is 0 Å². The molecule has 3 heteroatoms. The maximum absolute atomic E-state index is 12.5. The Hall–Kier alpha value is -1.51. The van der Waals surface area contributed by atoms with Gasteiger partial charge in [-0.1, -0.05) is 26.8 Å². The van der Waals surface area contributed by atoms with E-state index in [0.29, 0.717) is 6.54 Å². The number of carbonyl (C=O) groups excluding carboxylic acids is 1. The van der Waals surface area contributed by atoms with Gasteiger partial charge in [-0.3, -0.25) is 4.79 Å². The standard InChI is InChI=1S/C15H23NO2/c1-6-15(4,5)14(18)16(7-2)13-10-12(17)9-8-11(13)3/h8-10,17H,6-7H2,1-5H3. The van der Waals surface area contributed by atoms with Crippen molar-refractivity contribution in [1.82, 2.24) is 0 Å². The summed E-state index contributed by atoms with van der Waals surface area (Å²) in [5.74, 6) is 0.289. The van der Waals surface area contributed by atoms with Gasteiger partial charge in [0, 0.05) is 18.0 Å². The van der Waals surface area contributed by atoms with Crippen molar-refractivity contribution in [2.75, 3.05) is 11.4 Å². The Morgan fingerprint density at radius 1 is 1.33 bits per heavy atom. The number of carbonyl (C=O) groups is 1. The molecule has 0 saturated carbocycles. The van der Waals surface area contributed by atoms with Crippen molar-refractivity contribution >= 4 is 11.6 Å². The van der Waals surface area contributed by atoms with Gasteiger partial charge in [0.05, 0.1) is 5.69 Å². The zero-order chi connectivity index (χ0) is 13.9. The third-order valence-corrected chi connectivity index (χ3v) is 3.51. The zero-order valence-electron chi connectivity index (χ0n) is 11.9. The predicted octanol–water partition coefficient (Wildman–Crippen LogP) is 3.49. The Morgan fingerprint density at radius 3 is 2.44 bits per heavy atom. The highest BCUT2D eigenvalue weighted by Gasteiger charge is 2.30. The highest BCUT2D eigenvalue weighted by atomic mass is 16.3. The van der Waals surface area contributed by atoms with Crippen LogP contribution in [0, 0.1) is 12.3 Å². The molecule has 1 N–H and O–H groups in total. The second-order valence-electron chi connectivity index (χ2n) is 5.26.